The second kappa shape index (κ2) is 9.18. The van der Waals surface area contributed by atoms with Gasteiger partial charge in [0.2, 0.25) is 5.91 Å². The molecule has 0 heterocycles. The van der Waals surface area contributed by atoms with Crippen LogP contribution in [0.3, 0.4) is 0 Å². The number of rotatable bonds is 8. The topological polar surface area (TPSA) is 64.6 Å². The van der Waals surface area contributed by atoms with Gasteiger partial charge in [-0.25, -0.2) is 4.79 Å². The van der Waals surface area contributed by atoms with Crippen molar-refractivity contribution >= 4 is 11.9 Å². The third kappa shape index (κ3) is 5.93. The molecule has 0 bridgehead atoms. The van der Waals surface area contributed by atoms with Crippen LogP contribution >= 0.6 is 0 Å². The van der Waals surface area contributed by atoms with Crippen molar-refractivity contribution in [3.8, 4) is 5.75 Å². The lowest BCUT2D eigenvalue weighted by Gasteiger charge is -2.20. The number of carbonyl (C=O) groups is 2. The zero-order valence-corrected chi connectivity index (χ0v) is 14.6. The lowest BCUT2D eigenvalue weighted by atomic mass is 9.96. The molecule has 0 radical (unpaired) electrons. The fraction of sp³-hybridized carbons (Fsp3) is 0.556. The summed E-state index contributed by atoms with van der Waals surface area (Å²) in [5.41, 5.74) is 0.976. The highest BCUT2D eigenvalue weighted by Gasteiger charge is 2.24. The van der Waals surface area contributed by atoms with Crippen molar-refractivity contribution in [2.24, 2.45) is 5.92 Å². The van der Waals surface area contributed by atoms with Crippen LogP contribution in [-0.4, -0.2) is 32.1 Å². The molecule has 1 rings (SSSR count). The molecular formula is C18H27NO4. The highest BCUT2D eigenvalue weighted by molar-refractivity contribution is 5.84. The molecule has 1 N–H and O–H groups in total. The summed E-state index contributed by atoms with van der Waals surface area (Å²) < 4.78 is 10.1. The number of carbonyl (C=O) groups excluding carboxylic acids is 2. The van der Waals surface area contributed by atoms with Crippen molar-refractivity contribution in [1.29, 1.82) is 0 Å². The number of hydrogen-bond acceptors (Lipinski definition) is 4. The lowest BCUT2D eigenvalue weighted by molar-refractivity contribution is -0.145. The second-order valence-corrected chi connectivity index (χ2v) is 6.12. The standard InChI is InChI=1S/C18H27NO4/c1-12(2)10-15(18(21)23-5)19-17(20)11-13(3)14-8-6-7-9-16(14)22-4/h6-9,12-13,15H,10-11H2,1-5H3,(H,19,20). The maximum atomic E-state index is 12.3. The summed E-state index contributed by atoms with van der Waals surface area (Å²) in [6.07, 6.45) is 0.841. The number of benzene rings is 1. The molecule has 5 heteroatoms. The first-order valence-corrected chi connectivity index (χ1v) is 7.89. The van der Waals surface area contributed by atoms with E-state index < -0.39 is 12.0 Å². The number of esters is 1. The number of ether oxygens (including phenoxy) is 2. The summed E-state index contributed by atoms with van der Waals surface area (Å²) in [4.78, 5) is 24.1. The maximum Gasteiger partial charge on any atom is 0.328 e. The Morgan fingerprint density at radius 1 is 1.13 bits per heavy atom. The largest absolute Gasteiger partial charge is 0.496 e. The molecule has 0 fully saturated rings. The Morgan fingerprint density at radius 2 is 1.78 bits per heavy atom. The summed E-state index contributed by atoms with van der Waals surface area (Å²) >= 11 is 0. The van der Waals surface area contributed by atoms with E-state index in [9.17, 15) is 9.59 Å². The van der Waals surface area contributed by atoms with Gasteiger partial charge in [0.15, 0.2) is 0 Å². The molecule has 0 aromatic heterocycles. The van der Waals surface area contributed by atoms with Gasteiger partial charge < -0.3 is 14.8 Å². The minimum Gasteiger partial charge on any atom is -0.496 e. The Morgan fingerprint density at radius 3 is 2.35 bits per heavy atom. The van der Waals surface area contributed by atoms with E-state index >= 15 is 0 Å². The number of nitrogens with one attached hydrogen (secondary N) is 1. The van der Waals surface area contributed by atoms with Gasteiger partial charge in [-0.15, -0.1) is 0 Å². The number of hydrogen-bond donors (Lipinski definition) is 1. The summed E-state index contributed by atoms with van der Waals surface area (Å²) in [7, 11) is 2.95. The zero-order chi connectivity index (χ0) is 17.4. The van der Waals surface area contributed by atoms with Gasteiger partial charge >= 0.3 is 5.97 Å². The first-order chi connectivity index (χ1) is 10.9. The SMILES string of the molecule is COC(=O)C(CC(C)C)NC(=O)CC(C)c1ccccc1OC. The van der Waals surface area contributed by atoms with Gasteiger partial charge in [-0.3, -0.25) is 4.79 Å². The Kier molecular flexibility index (Phi) is 7.59. The van der Waals surface area contributed by atoms with Crippen LogP contribution in [0.2, 0.25) is 0 Å². The van der Waals surface area contributed by atoms with Gasteiger partial charge in [-0.05, 0) is 29.9 Å². The molecule has 1 aromatic rings. The minimum absolute atomic E-state index is 0.0107. The van der Waals surface area contributed by atoms with E-state index in [0.717, 1.165) is 11.3 Å². The van der Waals surface area contributed by atoms with Crippen LogP contribution < -0.4 is 10.1 Å². The van der Waals surface area contributed by atoms with Gasteiger partial charge in [0.05, 0.1) is 14.2 Å². The molecule has 0 aliphatic rings. The average molecular weight is 321 g/mol. The fourth-order valence-corrected chi connectivity index (χ4v) is 2.54. The molecule has 0 aliphatic heterocycles. The molecule has 23 heavy (non-hydrogen) atoms. The molecular weight excluding hydrogens is 294 g/mol. The van der Waals surface area contributed by atoms with Crippen LogP contribution in [0.5, 0.6) is 5.75 Å². The van der Waals surface area contributed by atoms with E-state index in [1.807, 2.05) is 45.0 Å². The molecule has 2 unspecified atom stereocenters. The van der Waals surface area contributed by atoms with E-state index in [0.29, 0.717) is 6.42 Å². The van der Waals surface area contributed by atoms with E-state index in [4.69, 9.17) is 9.47 Å². The normalized spacial score (nSPS) is 13.3. The smallest absolute Gasteiger partial charge is 0.328 e. The van der Waals surface area contributed by atoms with E-state index in [1.165, 1.54) is 7.11 Å². The van der Waals surface area contributed by atoms with Crippen molar-refractivity contribution < 1.29 is 19.1 Å². The molecule has 1 aromatic carbocycles. The Labute approximate surface area is 138 Å². The predicted octanol–water partition coefficient (Wildman–Crippen LogP) is 2.89. The van der Waals surface area contributed by atoms with Crippen LogP contribution in [0.15, 0.2) is 24.3 Å². The Hall–Kier alpha value is -2.04. The maximum absolute atomic E-state index is 12.3. The Bertz CT molecular complexity index is 528. The minimum atomic E-state index is -0.600. The fourth-order valence-electron chi connectivity index (χ4n) is 2.54. The second-order valence-electron chi connectivity index (χ2n) is 6.12. The molecule has 0 saturated heterocycles. The molecule has 0 aliphatic carbocycles. The van der Waals surface area contributed by atoms with Crippen LogP contribution in [-0.2, 0) is 14.3 Å². The molecule has 0 saturated carbocycles. The zero-order valence-electron chi connectivity index (χ0n) is 14.6. The highest BCUT2D eigenvalue weighted by Crippen LogP contribution is 2.28. The molecule has 128 valence electrons. The quantitative estimate of drug-likeness (QED) is 0.748. The number of methoxy groups -OCH3 is 2. The van der Waals surface area contributed by atoms with Crippen LogP contribution in [0, 0.1) is 5.92 Å². The molecule has 2 atom stereocenters. The summed E-state index contributed by atoms with van der Waals surface area (Å²) in [5, 5.41) is 2.78. The number of amides is 1. The van der Waals surface area contributed by atoms with Crippen LogP contribution in [0.4, 0.5) is 0 Å². The predicted molar refractivity (Wildman–Crippen MR) is 89.4 cm³/mol. The molecule has 5 nitrogen and oxygen atoms in total. The van der Waals surface area contributed by atoms with E-state index in [2.05, 4.69) is 5.32 Å². The lowest BCUT2D eigenvalue weighted by Crippen LogP contribution is -2.42. The summed E-state index contributed by atoms with van der Waals surface area (Å²) in [5.74, 6) is 0.463. The average Bonchev–Trinajstić information content (AvgIpc) is 2.52. The van der Waals surface area contributed by atoms with Gasteiger partial charge in [-0.1, -0.05) is 39.0 Å². The first-order valence-electron chi connectivity index (χ1n) is 7.89. The summed E-state index contributed by atoms with van der Waals surface area (Å²) in [6, 6.07) is 7.04. The third-order valence-electron chi connectivity index (χ3n) is 3.69. The number of para-hydroxylation sites is 1. The van der Waals surface area contributed by atoms with Crippen molar-refractivity contribution in [3.63, 3.8) is 0 Å². The molecule has 0 spiro atoms. The monoisotopic (exact) mass is 321 g/mol. The van der Waals surface area contributed by atoms with Crippen molar-refractivity contribution in [1.82, 2.24) is 5.32 Å². The first kappa shape index (κ1) is 19.0. The highest BCUT2D eigenvalue weighted by atomic mass is 16.5. The van der Waals surface area contributed by atoms with Crippen molar-refractivity contribution in [2.75, 3.05) is 14.2 Å². The van der Waals surface area contributed by atoms with Crippen LogP contribution in [0.1, 0.15) is 45.1 Å². The third-order valence-corrected chi connectivity index (χ3v) is 3.69. The summed E-state index contributed by atoms with van der Waals surface area (Å²) in [6.45, 7) is 5.96. The van der Waals surface area contributed by atoms with Gasteiger partial charge in [-0.2, -0.15) is 0 Å². The van der Waals surface area contributed by atoms with Gasteiger partial charge in [0.1, 0.15) is 11.8 Å². The van der Waals surface area contributed by atoms with E-state index in [-0.39, 0.29) is 24.2 Å². The molecule has 1 amide bonds. The van der Waals surface area contributed by atoms with Crippen LogP contribution in [0.25, 0.3) is 0 Å². The van der Waals surface area contributed by atoms with E-state index in [1.54, 1.807) is 7.11 Å². The van der Waals surface area contributed by atoms with Crippen molar-refractivity contribution in [2.45, 2.75) is 45.6 Å². The van der Waals surface area contributed by atoms with Crippen molar-refractivity contribution in [3.05, 3.63) is 29.8 Å². The van der Waals surface area contributed by atoms with Gasteiger partial charge in [0.25, 0.3) is 0 Å². The Balaban J connectivity index is 2.71. The van der Waals surface area contributed by atoms with Gasteiger partial charge in [0, 0.05) is 6.42 Å².